The maximum Gasteiger partial charge on any atom is 0.408 e. The summed E-state index contributed by atoms with van der Waals surface area (Å²) < 4.78 is 44.7. The Kier molecular flexibility index (Phi) is 7.04. The maximum atomic E-state index is 14.6. The van der Waals surface area contributed by atoms with Crippen LogP contribution in [0.15, 0.2) is 36.4 Å². The Morgan fingerprint density at radius 3 is 2.47 bits per heavy atom. The Morgan fingerprint density at radius 2 is 1.87 bits per heavy atom. The van der Waals surface area contributed by atoms with Gasteiger partial charge in [0.25, 0.3) is 0 Å². The smallest absolute Gasteiger partial charge is 0.408 e. The van der Waals surface area contributed by atoms with Crippen molar-refractivity contribution in [3.05, 3.63) is 59.2 Å². The van der Waals surface area contributed by atoms with Gasteiger partial charge in [-0.2, -0.15) is 0 Å². The number of thiocarbonyl (C=S) groups is 1. The molecule has 2 atom stereocenters. The lowest BCUT2D eigenvalue weighted by Crippen LogP contribution is -2.42. The Morgan fingerprint density at radius 1 is 1.20 bits per heavy atom. The summed E-state index contributed by atoms with van der Waals surface area (Å²) in [5.74, 6) is -1.44. The standard InChI is InChI=1S/C21H22F2N2O4S/c1-3-28-14-8-16(22)18(17(23)9-14)15-10-24-20(30)19(15)25-21(26)29-11-12-4-6-13(27-2)7-5-12/h4-9,15,19H,3,10-11H2,1-2H3,(H,24,30)(H,25,26)/t15-,19-/m0/s1. The highest BCUT2D eigenvalue weighted by atomic mass is 32.1. The molecule has 30 heavy (non-hydrogen) atoms. The summed E-state index contributed by atoms with van der Waals surface area (Å²) >= 11 is 5.23. The fourth-order valence-electron chi connectivity index (χ4n) is 3.26. The number of benzene rings is 2. The molecule has 0 spiro atoms. The monoisotopic (exact) mass is 436 g/mol. The molecule has 6 nitrogen and oxygen atoms in total. The molecule has 2 aromatic carbocycles. The molecule has 0 saturated carbocycles. The van der Waals surface area contributed by atoms with E-state index < -0.39 is 29.7 Å². The van der Waals surface area contributed by atoms with Gasteiger partial charge in [-0.15, -0.1) is 0 Å². The fraction of sp³-hybridized carbons (Fsp3) is 0.333. The quantitative estimate of drug-likeness (QED) is 0.646. The van der Waals surface area contributed by atoms with Gasteiger partial charge in [0, 0.05) is 30.2 Å². The van der Waals surface area contributed by atoms with Gasteiger partial charge < -0.3 is 24.8 Å². The molecule has 0 aromatic heterocycles. The summed E-state index contributed by atoms with van der Waals surface area (Å²) in [6.07, 6.45) is -0.737. The first-order chi connectivity index (χ1) is 14.4. The first kappa shape index (κ1) is 21.8. The molecule has 1 heterocycles. The predicted molar refractivity (Wildman–Crippen MR) is 111 cm³/mol. The van der Waals surface area contributed by atoms with Crippen LogP contribution in [0.3, 0.4) is 0 Å². The van der Waals surface area contributed by atoms with Crippen LogP contribution in [0.1, 0.15) is 24.0 Å². The lowest BCUT2D eigenvalue weighted by molar-refractivity contribution is 0.137. The molecule has 160 valence electrons. The van der Waals surface area contributed by atoms with E-state index in [0.29, 0.717) is 5.75 Å². The number of amides is 1. The third-order valence-electron chi connectivity index (χ3n) is 4.72. The van der Waals surface area contributed by atoms with Gasteiger partial charge in [-0.3, -0.25) is 0 Å². The number of carbonyl (C=O) groups excluding carboxylic acids is 1. The van der Waals surface area contributed by atoms with Gasteiger partial charge in [0.15, 0.2) is 0 Å². The SMILES string of the molecule is CCOc1cc(F)c([C@@H]2CNC(=S)[C@H]2NC(=O)OCc2ccc(OC)cc2)c(F)c1. The summed E-state index contributed by atoms with van der Waals surface area (Å²) in [5.41, 5.74) is 0.601. The molecule has 0 aliphatic carbocycles. The molecule has 2 aromatic rings. The largest absolute Gasteiger partial charge is 0.497 e. The summed E-state index contributed by atoms with van der Waals surface area (Å²) in [7, 11) is 1.56. The van der Waals surface area contributed by atoms with Crippen LogP contribution in [-0.4, -0.2) is 37.4 Å². The van der Waals surface area contributed by atoms with Crippen molar-refractivity contribution in [3.8, 4) is 11.5 Å². The third-order valence-corrected chi connectivity index (χ3v) is 5.12. The van der Waals surface area contributed by atoms with E-state index in [1.807, 2.05) is 0 Å². The van der Waals surface area contributed by atoms with Crippen LogP contribution in [-0.2, 0) is 11.3 Å². The van der Waals surface area contributed by atoms with Crippen molar-refractivity contribution in [1.29, 1.82) is 0 Å². The topological polar surface area (TPSA) is 68.8 Å². The van der Waals surface area contributed by atoms with Gasteiger partial charge >= 0.3 is 6.09 Å². The molecule has 0 bridgehead atoms. The predicted octanol–water partition coefficient (Wildman–Crippen LogP) is 3.68. The second-order valence-corrected chi connectivity index (χ2v) is 7.07. The fourth-order valence-corrected chi connectivity index (χ4v) is 3.57. The normalized spacial score (nSPS) is 17.9. The van der Waals surface area contributed by atoms with Gasteiger partial charge in [0.2, 0.25) is 0 Å². The van der Waals surface area contributed by atoms with Crippen LogP contribution in [0.5, 0.6) is 11.5 Å². The zero-order valence-corrected chi connectivity index (χ0v) is 17.4. The minimum Gasteiger partial charge on any atom is -0.497 e. The molecule has 1 amide bonds. The average Bonchev–Trinajstić information content (AvgIpc) is 3.06. The number of hydrogen-bond acceptors (Lipinski definition) is 5. The van der Waals surface area contributed by atoms with E-state index in [1.54, 1.807) is 38.3 Å². The number of halogens is 2. The van der Waals surface area contributed by atoms with E-state index in [1.165, 1.54) is 0 Å². The molecule has 0 unspecified atom stereocenters. The summed E-state index contributed by atoms with van der Waals surface area (Å²) in [6.45, 7) is 2.22. The van der Waals surface area contributed by atoms with Crippen molar-refractivity contribution in [1.82, 2.24) is 10.6 Å². The number of alkyl carbamates (subject to hydrolysis) is 1. The maximum absolute atomic E-state index is 14.6. The van der Waals surface area contributed by atoms with Crippen molar-refractivity contribution < 1.29 is 27.8 Å². The molecular formula is C21H22F2N2O4S. The van der Waals surface area contributed by atoms with Crippen LogP contribution in [0.25, 0.3) is 0 Å². The Hall–Kier alpha value is -2.94. The summed E-state index contributed by atoms with van der Waals surface area (Å²) in [4.78, 5) is 12.6. The number of rotatable bonds is 7. The van der Waals surface area contributed by atoms with Gasteiger partial charge in [-0.25, -0.2) is 13.6 Å². The van der Waals surface area contributed by atoms with Crippen molar-refractivity contribution in [2.24, 2.45) is 0 Å². The number of hydrogen-bond donors (Lipinski definition) is 2. The Labute approximate surface area is 178 Å². The molecule has 2 N–H and O–H groups in total. The molecular weight excluding hydrogens is 414 g/mol. The number of ether oxygens (including phenoxy) is 3. The van der Waals surface area contributed by atoms with Crippen LogP contribution in [0, 0.1) is 11.6 Å². The highest BCUT2D eigenvalue weighted by Gasteiger charge is 2.38. The van der Waals surface area contributed by atoms with E-state index in [0.717, 1.165) is 17.7 Å². The van der Waals surface area contributed by atoms with Gasteiger partial charge in [0.1, 0.15) is 29.7 Å². The molecule has 1 saturated heterocycles. The van der Waals surface area contributed by atoms with E-state index in [4.69, 9.17) is 26.4 Å². The second-order valence-electron chi connectivity index (χ2n) is 6.63. The molecule has 1 aliphatic heterocycles. The Bertz CT molecular complexity index is 901. The van der Waals surface area contributed by atoms with Crippen LogP contribution >= 0.6 is 12.2 Å². The molecule has 9 heteroatoms. The summed E-state index contributed by atoms with van der Waals surface area (Å²) in [5, 5.41) is 5.50. The number of carbonyl (C=O) groups is 1. The van der Waals surface area contributed by atoms with Gasteiger partial charge in [-0.1, -0.05) is 24.4 Å². The zero-order valence-electron chi connectivity index (χ0n) is 16.5. The highest BCUT2D eigenvalue weighted by Crippen LogP contribution is 2.32. The van der Waals surface area contributed by atoms with E-state index >= 15 is 0 Å². The first-order valence-corrected chi connectivity index (χ1v) is 9.79. The van der Waals surface area contributed by atoms with Crippen molar-refractivity contribution in [3.63, 3.8) is 0 Å². The molecule has 1 fully saturated rings. The van der Waals surface area contributed by atoms with Crippen molar-refractivity contribution in [2.75, 3.05) is 20.3 Å². The summed E-state index contributed by atoms with van der Waals surface area (Å²) in [6, 6.07) is 8.48. The van der Waals surface area contributed by atoms with Gasteiger partial charge in [-0.05, 0) is 24.6 Å². The van der Waals surface area contributed by atoms with E-state index in [-0.39, 0.29) is 36.1 Å². The van der Waals surface area contributed by atoms with Crippen LogP contribution in [0.4, 0.5) is 13.6 Å². The Balaban J connectivity index is 1.68. The highest BCUT2D eigenvalue weighted by molar-refractivity contribution is 7.80. The molecule has 0 radical (unpaired) electrons. The molecule has 1 aliphatic rings. The lowest BCUT2D eigenvalue weighted by Gasteiger charge is -2.21. The van der Waals surface area contributed by atoms with Crippen molar-refractivity contribution in [2.45, 2.75) is 25.5 Å². The first-order valence-electron chi connectivity index (χ1n) is 9.38. The zero-order chi connectivity index (χ0) is 21.7. The van der Waals surface area contributed by atoms with Crippen molar-refractivity contribution >= 4 is 23.3 Å². The minimum atomic E-state index is -0.801. The van der Waals surface area contributed by atoms with E-state index in [9.17, 15) is 13.6 Å². The van der Waals surface area contributed by atoms with Crippen LogP contribution in [0.2, 0.25) is 0 Å². The van der Waals surface area contributed by atoms with Crippen LogP contribution < -0.4 is 20.1 Å². The lowest BCUT2D eigenvalue weighted by atomic mass is 9.93. The number of methoxy groups -OCH3 is 1. The average molecular weight is 436 g/mol. The van der Waals surface area contributed by atoms with E-state index in [2.05, 4.69) is 10.6 Å². The molecule has 3 rings (SSSR count). The van der Waals surface area contributed by atoms with Gasteiger partial charge in [0.05, 0.1) is 24.7 Å². The third kappa shape index (κ3) is 4.96. The second kappa shape index (κ2) is 9.71. The minimum absolute atomic E-state index is 0.0270. The number of nitrogens with one attached hydrogen (secondary N) is 2.